The van der Waals surface area contributed by atoms with Gasteiger partial charge in [0.2, 0.25) is 0 Å². The number of imidazole rings is 1. The third-order valence-electron chi connectivity index (χ3n) is 3.20. The van der Waals surface area contributed by atoms with Crippen molar-refractivity contribution in [3.63, 3.8) is 0 Å². The van der Waals surface area contributed by atoms with E-state index in [9.17, 15) is 0 Å². The van der Waals surface area contributed by atoms with Crippen LogP contribution in [0.3, 0.4) is 0 Å². The van der Waals surface area contributed by atoms with E-state index in [0.29, 0.717) is 6.54 Å². The van der Waals surface area contributed by atoms with Gasteiger partial charge in [0.25, 0.3) is 0 Å². The molecule has 0 saturated carbocycles. The van der Waals surface area contributed by atoms with Crippen molar-refractivity contribution >= 4 is 23.3 Å². The van der Waals surface area contributed by atoms with Crippen LogP contribution in [0, 0.1) is 18.6 Å². The Kier molecular flexibility index (Phi) is 2.95. The molecule has 2 heterocycles. The molecule has 3 rings (SSSR count). The number of aromatic nitrogens is 3. The van der Waals surface area contributed by atoms with Gasteiger partial charge in [-0.3, -0.25) is 4.98 Å². The lowest BCUT2D eigenvalue weighted by molar-refractivity contribution is 0.781. The zero-order valence-electron chi connectivity index (χ0n) is 11.0. The number of pyridine rings is 1. The standard InChI is InChI=1S/C15H15N3S/c1-10-6-7-13-14(8-10)18(15(19)17-13)9-12-5-3-4-11(2)16-12/h3-8H,9H2,1-2H3,(H,17,19). The molecule has 0 spiro atoms. The summed E-state index contributed by atoms with van der Waals surface area (Å²) in [5, 5.41) is 0. The SMILES string of the molecule is Cc1ccc2[nH]c(=S)n(Cc3cccc(C)n3)c2c1. The molecule has 0 aliphatic rings. The number of aryl methyl sites for hydroxylation is 2. The van der Waals surface area contributed by atoms with E-state index in [1.165, 1.54) is 5.56 Å². The van der Waals surface area contributed by atoms with E-state index in [1.54, 1.807) is 0 Å². The minimum absolute atomic E-state index is 0.698. The molecule has 0 saturated heterocycles. The predicted molar refractivity (Wildman–Crippen MR) is 79.9 cm³/mol. The first-order chi connectivity index (χ1) is 9.13. The second kappa shape index (κ2) is 4.63. The molecule has 19 heavy (non-hydrogen) atoms. The van der Waals surface area contributed by atoms with E-state index < -0.39 is 0 Å². The molecule has 3 nitrogen and oxygen atoms in total. The van der Waals surface area contributed by atoms with E-state index in [4.69, 9.17) is 12.2 Å². The zero-order valence-corrected chi connectivity index (χ0v) is 11.8. The molecule has 1 N–H and O–H groups in total. The van der Waals surface area contributed by atoms with Gasteiger partial charge in [-0.05, 0) is 55.9 Å². The summed E-state index contributed by atoms with van der Waals surface area (Å²) < 4.78 is 2.84. The predicted octanol–water partition coefficient (Wildman–Crippen LogP) is 3.76. The lowest BCUT2D eigenvalue weighted by atomic mass is 10.2. The molecular weight excluding hydrogens is 254 g/mol. The van der Waals surface area contributed by atoms with Crippen molar-refractivity contribution in [3.8, 4) is 0 Å². The summed E-state index contributed by atoms with van der Waals surface area (Å²) in [5.74, 6) is 0. The number of benzene rings is 1. The van der Waals surface area contributed by atoms with Gasteiger partial charge in [-0.15, -0.1) is 0 Å². The van der Waals surface area contributed by atoms with Crippen LogP contribution in [-0.2, 0) is 6.54 Å². The summed E-state index contributed by atoms with van der Waals surface area (Å²) in [7, 11) is 0. The van der Waals surface area contributed by atoms with Crippen molar-refractivity contribution in [2.75, 3.05) is 0 Å². The molecule has 0 bridgehead atoms. The molecular formula is C15H15N3S. The van der Waals surface area contributed by atoms with E-state index in [-0.39, 0.29) is 0 Å². The smallest absolute Gasteiger partial charge is 0.178 e. The maximum atomic E-state index is 5.41. The number of hydrogen-bond acceptors (Lipinski definition) is 2. The van der Waals surface area contributed by atoms with Gasteiger partial charge in [0.05, 0.1) is 23.3 Å². The van der Waals surface area contributed by atoms with Crippen molar-refractivity contribution in [2.45, 2.75) is 20.4 Å². The lowest BCUT2D eigenvalue weighted by Gasteiger charge is -2.05. The van der Waals surface area contributed by atoms with Crippen LogP contribution in [0.15, 0.2) is 36.4 Å². The van der Waals surface area contributed by atoms with Crippen LogP contribution in [0.1, 0.15) is 17.0 Å². The second-order valence-electron chi connectivity index (χ2n) is 4.81. The first-order valence-corrected chi connectivity index (χ1v) is 6.66. The van der Waals surface area contributed by atoms with Gasteiger partial charge >= 0.3 is 0 Å². The van der Waals surface area contributed by atoms with Crippen LogP contribution in [0.2, 0.25) is 0 Å². The Morgan fingerprint density at radius 1 is 1.21 bits per heavy atom. The van der Waals surface area contributed by atoms with Crippen LogP contribution in [0.5, 0.6) is 0 Å². The van der Waals surface area contributed by atoms with Gasteiger partial charge < -0.3 is 9.55 Å². The Hall–Kier alpha value is -1.94. The Balaban J connectivity index is 2.12. The number of hydrogen-bond donors (Lipinski definition) is 1. The van der Waals surface area contributed by atoms with Crippen LogP contribution < -0.4 is 0 Å². The molecule has 0 aliphatic heterocycles. The number of H-pyrrole nitrogens is 1. The number of nitrogens with zero attached hydrogens (tertiary/aromatic N) is 2. The number of aromatic amines is 1. The maximum Gasteiger partial charge on any atom is 0.178 e. The van der Waals surface area contributed by atoms with E-state index in [2.05, 4.69) is 39.7 Å². The van der Waals surface area contributed by atoms with E-state index in [1.807, 2.05) is 25.1 Å². The Morgan fingerprint density at radius 2 is 2.05 bits per heavy atom. The van der Waals surface area contributed by atoms with Gasteiger partial charge in [0, 0.05) is 5.69 Å². The van der Waals surface area contributed by atoms with Crippen molar-refractivity contribution in [1.29, 1.82) is 0 Å². The first-order valence-electron chi connectivity index (χ1n) is 6.25. The van der Waals surface area contributed by atoms with Gasteiger partial charge in [0.15, 0.2) is 4.77 Å². The topological polar surface area (TPSA) is 33.6 Å². The second-order valence-corrected chi connectivity index (χ2v) is 5.19. The average Bonchev–Trinajstić information content (AvgIpc) is 2.66. The molecule has 2 aromatic heterocycles. The molecule has 0 atom stereocenters. The van der Waals surface area contributed by atoms with Crippen LogP contribution in [0.25, 0.3) is 11.0 Å². The van der Waals surface area contributed by atoms with E-state index in [0.717, 1.165) is 27.2 Å². The molecule has 1 aromatic carbocycles. The Bertz CT molecular complexity index is 799. The largest absolute Gasteiger partial charge is 0.331 e. The molecule has 0 aliphatic carbocycles. The maximum absolute atomic E-state index is 5.41. The first kappa shape index (κ1) is 12.1. The molecule has 0 unspecified atom stereocenters. The summed E-state index contributed by atoms with van der Waals surface area (Å²) in [4.78, 5) is 7.78. The highest BCUT2D eigenvalue weighted by Gasteiger charge is 2.06. The van der Waals surface area contributed by atoms with Gasteiger partial charge in [-0.25, -0.2) is 0 Å². The van der Waals surface area contributed by atoms with Crippen LogP contribution >= 0.6 is 12.2 Å². The number of rotatable bonds is 2. The molecule has 0 fully saturated rings. The minimum atomic E-state index is 0.698. The fraction of sp³-hybridized carbons (Fsp3) is 0.200. The number of fused-ring (bicyclic) bond motifs is 1. The third-order valence-corrected chi connectivity index (χ3v) is 3.52. The van der Waals surface area contributed by atoms with Crippen molar-refractivity contribution in [2.24, 2.45) is 0 Å². The molecule has 96 valence electrons. The molecule has 4 heteroatoms. The molecule has 0 amide bonds. The Morgan fingerprint density at radius 3 is 2.84 bits per heavy atom. The van der Waals surface area contributed by atoms with Crippen molar-refractivity contribution in [3.05, 3.63) is 58.1 Å². The molecule has 3 aromatic rings. The monoisotopic (exact) mass is 269 g/mol. The fourth-order valence-corrected chi connectivity index (χ4v) is 2.54. The summed E-state index contributed by atoms with van der Waals surface area (Å²) >= 11 is 5.41. The van der Waals surface area contributed by atoms with Crippen LogP contribution in [0.4, 0.5) is 0 Å². The number of nitrogens with one attached hydrogen (secondary N) is 1. The summed E-state index contributed by atoms with van der Waals surface area (Å²) in [6.07, 6.45) is 0. The molecule has 0 radical (unpaired) electrons. The minimum Gasteiger partial charge on any atom is -0.331 e. The van der Waals surface area contributed by atoms with Crippen molar-refractivity contribution in [1.82, 2.24) is 14.5 Å². The highest BCUT2D eigenvalue weighted by molar-refractivity contribution is 7.71. The fourth-order valence-electron chi connectivity index (χ4n) is 2.27. The summed E-state index contributed by atoms with van der Waals surface area (Å²) in [6.45, 7) is 4.79. The normalized spacial score (nSPS) is 11.1. The highest BCUT2D eigenvalue weighted by atomic mass is 32.1. The van der Waals surface area contributed by atoms with Crippen molar-refractivity contribution < 1.29 is 0 Å². The van der Waals surface area contributed by atoms with Gasteiger partial charge in [-0.2, -0.15) is 0 Å². The van der Waals surface area contributed by atoms with Gasteiger partial charge in [0.1, 0.15) is 0 Å². The Labute approximate surface area is 116 Å². The zero-order chi connectivity index (χ0) is 13.4. The third kappa shape index (κ3) is 2.31. The average molecular weight is 269 g/mol. The highest BCUT2D eigenvalue weighted by Crippen LogP contribution is 2.17. The quantitative estimate of drug-likeness (QED) is 0.719. The van der Waals surface area contributed by atoms with E-state index >= 15 is 0 Å². The summed E-state index contributed by atoms with van der Waals surface area (Å²) in [5.41, 5.74) is 5.49. The van der Waals surface area contributed by atoms with Gasteiger partial charge in [-0.1, -0.05) is 12.1 Å². The lowest BCUT2D eigenvalue weighted by Crippen LogP contribution is -2.02. The summed E-state index contributed by atoms with van der Waals surface area (Å²) in [6, 6.07) is 12.4. The van der Waals surface area contributed by atoms with Crippen LogP contribution in [-0.4, -0.2) is 14.5 Å².